The van der Waals surface area contributed by atoms with Crippen molar-refractivity contribution in [1.29, 1.82) is 5.26 Å². The Labute approximate surface area is 164 Å². The van der Waals surface area contributed by atoms with Crippen LogP contribution >= 0.6 is 0 Å². The van der Waals surface area contributed by atoms with Gasteiger partial charge < -0.3 is 15.6 Å². The molecule has 0 saturated carbocycles. The molecule has 0 aliphatic carbocycles. The smallest absolute Gasteiger partial charge is 0.238 e. The highest BCUT2D eigenvalue weighted by atomic mass is 16.2. The van der Waals surface area contributed by atoms with E-state index < -0.39 is 6.04 Å². The second-order valence-electron chi connectivity index (χ2n) is 7.36. The monoisotopic (exact) mass is 372 g/mol. The first kappa shape index (κ1) is 18.3. The van der Waals surface area contributed by atoms with E-state index in [1.165, 1.54) is 5.39 Å². The summed E-state index contributed by atoms with van der Waals surface area (Å²) in [6.07, 6.45) is 3.50. The van der Waals surface area contributed by atoms with Crippen LogP contribution in [-0.4, -0.2) is 29.5 Å². The van der Waals surface area contributed by atoms with Gasteiger partial charge in [-0.25, -0.2) is 0 Å². The van der Waals surface area contributed by atoms with Crippen LogP contribution in [0, 0.1) is 11.3 Å². The third-order valence-corrected chi connectivity index (χ3v) is 5.33. The van der Waals surface area contributed by atoms with Gasteiger partial charge in [0.05, 0.1) is 12.1 Å². The molecular weight excluding hydrogens is 348 g/mol. The average molecular weight is 372 g/mol. The molecule has 3 N–H and O–H groups in total. The molecule has 5 heteroatoms. The van der Waals surface area contributed by atoms with Gasteiger partial charge >= 0.3 is 0 Å². The molecule has 1 saturated heterocycles. The molecule has 5 nitrogen and oxygen atoms in total. The SMILES string of the molecule is N#C[C@H](Cc1ccc(-c2cc3ccccc3[nH]2)cc1)NC(=O)[C@@H]1CCCCN1. The Bertz CT molecular complexity index is 960. The summed E-state index contributed by atoms with van der Waals surface area (Å²) in [7, 11) is 0. The number of hydrogen-bond acceptors (Lipinski definition) is 3. The molecule has 1 aliphatic heterocycles. The molecule has 0 bridgehead atoms. The Morgan fingerprint density at radius 3 is 2.71 bits per heavy atom. The van der Waals surface area contributed by atoms with Crippen molar-refractivity contribution in [3.8, 4) is 17.3 Å². The van der Waals surface area contributed by atoms with Gasteiger partial charge in [0, 0.05) is 23.0 Å². The fourth-order valence-electron chi connectivity index (χ4n) is 3.76. The van der Waals surface area contributed by atoms with E-state index in [4.69, 9.17) is 0 Å². The van der Waals surface area contributed by atoms with Crippen LogP contribution < -0.4 is 10.6 Å². The second-order valence-corrected chi connectivity index (χ2v) is 7.36. The highest BCUT2D eigenvalue weighted by molar-refractivity contribution is 5.85. The molecule has 2 aromatic carbocycles. The number of hydrogen-bond donors (Lipinski definition) is 3. The summed E-state index contributed by atoms with van der Waals surface area (Å²) in [4.78, 5) is 15.8. The molecule has 1 fully saturated rings. The number of fused-ring (bicyclic) bond motifs is 1. The van der Waals surface area contributed by atoms with Crippen molar-refractivity contribution in [1.82, 2.24) is 15.6 Å². The molecule has 0 spiro atoms. The van der Waals surface area contributed by atoms with Crippen LogP contribution in [0.2, 0.25) is 0 Å². The van der Waals surface area contributed by atoms with E-state index >= 15 is 0 Å². The molecule has 0 unspecified atom stereocenters. The van der Waals surface area contributed by atoms with E-state index in [2.05, 4.69) is 52.0 Å². The summed E-state index contributed by atoms with van der Waals surface area (Å²) in [5.41, 5.74) is 4.32. The van der Waals surface area contributed by atoms with Crippen molar-refractivity contribution in [3.05, 3.63) is 60.2 Å². The Morgan fingerprint density at radius 1 is 1.18 bits per heavy atom. The number of amides is 1. The zero-order valence-corrected chi connectivity index (χ0v) is 15.7. The summed E-state index contributed by atoms with van der Waals surface area (Å²) in [6.45, 7) is 0.866. The number of nitrogens with one attached hydrogen (secondary N) is 3. The van der Waals surface area contributed by atoms with E-state index in [9.17, 15) is 10.1 Å². The molecule has 142 valence electrons. The highest BCUT2D eigenvalue weighted by Gasteiger charge is 2.23. The zero-order chi connectivity index (χ0) is 19.3. The predicted molar refractivity (Wildman–Crippen MR) is 111 cm³/mol. The number of benzene rings is 2. The number of H-pyrrole nitrogens is 1. The van der Waals surface area contributed by atoms with Gasteiger partial charge in [0.1, 0.15) is 6.04 Å². The van der Waals surface area contributed by atoms with Gasteiger partial charge in [0.2, 0.25) is 5.91 Å². The van der Waals surface area contributed by atoms with E-state index in [-0.39, 0.29) is 11.9 Å². The molecule has 2 atom stereocenters. The molecular formula is C23H24N4O. The minimum Gasteiger partial charge on any atom is -0.355 e. The van der Waals surface area contributed by atoms with Gasteiger partial charge in [0.15, 0.2) is 0 Å². The Morgan fingerprint density at radius 2 is 2.00 bits per heavy atom. The number of piperidine rings is 1. The van der Waals surface area contributed by atoms with Gasteiger partial charge in [-0.2, -0.15) is 5.26 Å². The number of nitriles is 1. The first-order valence-corrected chi connectivity index (χ1v) is 9.83. The lowest BCUT2D eigenvalue weighted by atomic mass is 10.0. The van der Waals surface area contributed by atoms with Crippen LogP contribution in [0.25, 0.3) is 22.2 Å². The highest BCUT2D eigenvalue weighted by Crippen LogP contribution is 2.24. The third-order valence-electron chi connectivity index (χ3n) is 5.33. The topological polar surface area (TPSA) is 80.7 Å². The summed E-state index contributed by atoms with van der Waals surface area (Å²) in [5.74, 6) is -0.0686. The summed E-state index contributed by atoms with van der Waals surface area (Å²) in [6, 6.07) is 20.0. The van der Waals surface area contributed by atoms with E-state index in [1.54, 1.807) is 0 Å². The molecule has 2 heterocycles. The van der Waals surface area contributed by atoms with Crippen molar-refractivity contribution in [2.75, 3.05) is 6.54 Å². The number of aromatic nitrogens is 1. The molecule has 4 rings (SSSR count). The van der Waals surface area contributed by atoms with Gasteiger partial charge in [-0.3, -0.25) is 4.79 Å². The molecule has 28 heavy (non-hydrogen) atoms. The summed E-state index contributed by atoms with van der Waals surface area (Å²) in [5, 5.41) is 16.7. The minimum atomic E-state index is -0.518. The number of carbonyl (C=O) groups excluding carboxylic acids is 1. The normalized spacial score (nSPS) is 17.8. The second kappa shape index (κ2) is 8.28. The van der Waals surface area contributed by atoms with Crippen molar-refractivity contribution in [3.63, 3.8) is 0 Å². The van der Waals surface area contributed by atoms with Gasteiger partial charge in [-0.05, 0) is 42.6 Å². The minimum absolute atomic E-state index is 0.0686. The number of para-hydroxylation sites is 1. The third kappa shape index (κ3) is 4.08. The average Bonchev–Trinajstić information content (AvgIpc) is 3.18. The van der Waals surface area contributed by atoms with Crippen molar-refractivity contribution in [2.24, 2.45) is 0 Å². The summed E-state index contributed by atoms with van der Waals surface area (Å²) >= 11 is 0. The fraction of sp³-hybridized carbons (Fsp3) is 0.304. The van der Waals surface area contributed by atoms with E-state index in [1.807, 2.05) is 24.3 Å². The maximum absolute atomic E-state index is 12.4. The maximum Gasteiger partial charge on any atom is 0.238 e. The fourth-order valence-corrected chi connectivity index (χ4v) is 3.76. The van der Waals surface area contributed by atoms with Crippen molar-refractivity contribution >= 4 is 16.8 Å². The zero-order valence-electron chi connectivity index (χ0n) is 15.7. The standard InChI is InChI=1S/C23H24N4O/c24-15-19(26-23(28)21-7-3-4-12-25-21)13-16-8-10-17(11-9-16)22-14-18-5-1-2-6-20(18)27-22/h1-2,5-6,8-11,14,19,21,25,27H,3-4,7,12-13H2,(H,26,28)/t19-,21-/m0/s1. The molecule has 0 radical (unpaired) electrons. The van der Waals surface area contributed by atoms with Crippen LogP contribution in [0.15, 0.2) is 54.6 Å². The first-order chi connectivity index (χ1) is 13.7. The predicted octanol–water partition coefficient (Wildman–Crippen LogP) is 3.53. The number of aromatic amines is 1. The molecule has 1 aromatic heterocycles. The van der Waals surface area contributed by atoms with Crippen LogP contribution in [-0.2, 0) is 11.2 Å². The number of nitrogens with zero attached hydrogens (tertiary/aromatic N) is 1. The van der Waals surface area contributed by atoms with Gasteiger partial charge in [0.25, 0.3) is 0 Å². The number of rotatable bonds is 5. The molecule has 3 aromatic rings. The quantitative estimate of drug-likeness (QED) is 0.641. The lowest BCUT2D eigenvalue weighted by Crippen LogP contribution is -2.49. The van der Waals surface area contributed by atoms with Gasteiger partial charge in [-0.15, -0.1) is 0 Å². The largest absolute Gasteiger partial charge is 0.355 e. The Hall–Kier alpha value is -3.10. The van der Waals surface area contributed by atoms with Crippen molar-refractivity contribution in [2.45, 2.75) is 37.8 Å². The van der Waals surface area contributed by atoms with Gasteiger partial charge in [-0.1, -0.05) is 48.9 Å². The lowest BCUT2D eigenvalue weighted by molar-refractivity contribution is -0.124. The molecule has 1 aliphatic rings. The van der Waals surface area contributed by atoms with Crippen LogP contribution in [0.1, 0.15) is 24.8 Å². The van der Waals surface area contributed by atoms with Crippen molar-refractivity contribution < 1.29 is 4.79 Å². The first-order valence-electron chi connectivity index (χ1n) is 9.83. The van der Waals surface area contributed by atoms with Crippen LogP contribution in [0.5, 0.6) is 0 Å². The number of carbonyl (C=O) groups is 1. The van der Waals surface area contributed by atoms with E-state index in [0.717, 1.165) is 48.1 Å². The lowest BCUT2D eigenvalue weighted by Gasteiger charge is -2.23. The van der Waals surface area contributed by atoms with Crippen LogP contribution in [0.3, 0.4) is 0 Å². The Balaban J connectivity index is 1.41. The van der Waals surface area contributed by atoms with Crippen LogP contribution in [0.4, 0.5) is 0 Å². The Kier molecular flexibility index (Phi) is 5.41. The molecule has 1 amide bonds. The maximum atomic E-state index is 12.4. The van der Waals surface area contributed by atoms with E-state index in [0.29, 0.717) is 6.42 Å². The summed E-state index contributed by atoms with van der Waals surface area (Å²) < 4.78 is 0.